The van der Waals surface area contributed by atoms with Gasteiger partial charge in [0.2, 0.25) is 0 Å². The average Bonchev–Trinajstić information content (AvgIpc) is 2.05. The van der Waals surface area contributed by atoms with Gasteiger partial charge in [-0.3, -0.25) is 0 Å². The maximum absolute atomic E-state index is 9.67. The Balaban J connectivity index is 2.48. The fourth-order valence-electron chi connectivity index (χ4n) is 1.35. The molecule has 0 spiro atoms. The van der Waals surface area contributed by atoms with Gasteiger partial charge in [-0.1, -0.05) is 38.2 Å². The highest BCUT2D eigenvalue weighted by atomic mass is 16.3. The highest BCUT2D eigenvalue weighted by Crippen LogP contribution is 2.20. The summed E-state index contributed by atoms with van der Waals surface area (Å²) in [6.07, 6.45) is 9.04. The van der Waals surface area contributed by atoms with Crippen molar-refractivity contribution in [1.29, 1.82) is 0 Å². The van der Waals surface area contributed by atoms with Crippen molar-refractivity contribution >= 4 is 0 Å². The van der Waals surface area contributed by atoms with Crippen LogP contribution in [0.4, 0.5) is 0 Å². The van der Waals surface area contributed by atoms with Gasteiger partial charge in [-0.05, 0) is 12.3 Å². The minimum atomic E-state index is -0.184. The van der Waals surface area contributed by atoms with Crippen LogP contribution in [0.1, 0.15) is 20.3 Å². The third-order valence-electron chi connectivity index (χ3n) is 2.14. The topological polar surface area (TPSA) is 20.2 Å². The monoisotopic (exact) mass is 152 g/mol. The lowest BCUT2D eigenvalue weighted by Gasteiger charge is -2.22. The van der Waals surface area contributed by atoms with Crippen LogP contribution in [-0.2, 0) is 0 Å². The lowest BCUT2D eigenvalue weighted by molar-refractivity contribution is 0.0847. The molecule has 1 nitrogen and oxygen atoms in total. The molecular weight excluding hydrogens is 136 g/mol. The fraction of sp³-hybridized carbons (Fsp3) is 0.600. The zero-order valence-electron chi connectivity index (χ0n) is 7.20. The summed E-state index contributed by atoms with van der Waals surface area (Å²) in [5.74, 6) is 0.691. The third-order valence-corrected chi connectivity index (χ3v) is 2.14. The first-order valence-corrected chi connectivity index (χ1v) is 4.23. The van der Waals surface area contributed by atoms with Gasteiger partial charge in [0.15, 0.2) is 0 Å². The van der Waals surface area contributed by atoms with Crippen molar-refractivity contribution in [3.05, 3.63) is 24.3 Å². The molecule has 0 fully saturated rings. The molecular formula is C10H16O. The summed E-state index contributed by atoms with van der Waals surface area (Å²) < 4.78 is 0. The first kappa shape index (κ1) is 8.54. The molecule has 0 aromatic carbocycles. The average molecular weight is 152 g/mol. The molecule has 0 aromatic rings. The van der Waals surface area contributed by atoms with Gasteiger partial charge >= 0.3 is 0 Å². The number of hydrogen-bond acceptors (Lipinski definition) is 1. The van der Waals surface area contributed by atoms with Crippen LogP contribution in [0.5, 0.6) is 0 Å². The molecule has 1 rings (SSSR count). The first-order chi connectivity index (χ1) is 5.22. The smallest absolute Gasteiger partial charge is 0.0628 e. The van der Waals surface area contributed by atoms with Crippen molar-refractivity contribution < 1.29 is 5.11 Å². The summed E-state index contributed by atoms with van der Waals surface area (Å²) >= 11 is 0. The first-order valence-electron chi connectivity index (χ1n) is 4.23. The predicted octanol–water partition coefficient (Wildman–Crippen LogP) is 2.14. The standard InChI is InChI=1S/C10H16O/c1-8(2)10(11)9-6-4-3-5-7-9/h3-6,8-11H,7H2,1-2H3/t9-,10+/m1/s1. The third kappa shape index (κ3) is 2.19. The molecule has 0 radical (unpaired) electrons. The molecule has 0 saturated heterocycles. The molecule has 1 N–H and O–H groups in total. The molecule has 0 aromatic heterocycles. The van der Waals surface area contributed by atoms with Crippen LogP contribution < -0.4 is 0 Å². The van der Waals surface area contributed by atoms with Gasteiger partial charge in [-0.25, -0.2) is 0 Å². The second-order valence-electron chi connectivity index (χ2n) is 3.45. The Kier molecular flexibility index (Phi) is 2.89. The van der Waals surface area contributed by atoms with Crippen LogP contribution in [0.15, 0.2) is 24.3 Å². The molecule has 0 heterocycles. The van der Waals surface area contributed by atoms with Crippen LogP contribution in [0.25, 0.3) is 0 Å². The van der Waals surface area contributed by atoms with Gasteiger partial charge in [0.25, 0.3) is 0 Å². The van der Waals surface area contributed by atoms with Gasteiger partial charge in [0, 0.05) is 5.92 Å². The largest absolute Gasteiger partial charge is 0.392 e. The van der Waals surface area contributed by atoms with Crippen molar-refractivity contribution in [3.8, 4) is 0 Å². The van der Waals surface area contributed by atoms with E-state index >= 15 is 0 Å². The van der Waals surface area contributed by atoms with Gasteiger partial charge < -0.3 is 5.11 Å². The lowest BCUT2D eigenvalue weighted by Crippen LogP contribution is -2.24. The van der Waals surface area contributed by atoms with E-state index in [-0.39, 0.29) is 6.10 Å². The highest BCUT2D eigenvalue weighted by Gasteiger charge is 2.18. The van der Waals surface area contributed by atoms with E-state index in [9.17, 15) is 5.11 Å². The van der Waals surface area contributed by atoms with Crippen molar-refractivity contribution in [2.45, 2.75) is 26.4 Å². The van der Waals surface area contributed by atoms with Crippen molar-refractivity contribution in [3.63, 3.8) is 0 Å². The zero-order chi connectivity index (χ0) is 8.27. The van der Waals surface area contributed by atoms with E-state index in [2.05, 4.69) is 26.0 Å². The second kappa shape index (κ2) is 3.72. The predicted molar refractivity (Wildman–Crippen MR) is 47.2 cm³/mol. The number of allylic oxidation sites excluding steroid dienone is 3. The number of aliphatic hydroxyl groups excluding tert-OH is 1. The van der Waals surface area contributed by atoms with Gasteiger partial charge in [0.1, 0.15) is 0 Å². The number of hydrogen-bond donors (Lipinski definition) is 1. The summed E-state index contributed by atoms with van der Waals surface area (Å²) in [6, 6.07) is 0. The van der Waals surface area contributed by atoms with Crippen molar-refractivity contribution in [2.24, 2.45) is 11.8 Å². The summed E-state index contributed by atoms with van der Waals surface area (Å²) in [6.45, 7) is 4.10. The number of aliphatic hydroxyl groups is 1. The van der Waals surface area contributed by atoms with E-state index in [1.165, 1.54) is 0 Å². The van der Waals surface area contributed by atoms with E-state index < -0.39 is 0 Å². The van der Waals surface area contributed by atoms with Gasteiger partial charge in [-0.2, -0.15) is 0 Å². The summed E-state index contributed by atoms with van der Waals surface area (Å²) in [4.78, 5) is 0. The summed E-state index contributed by atoms with van der Waals surface area (Å²) in [5.41, 5.74) is 0. The molecule has 0 aliphatic heterocycles. The molecule has 0 amide bonds. The highest BCUT2D eigenvalue weighted by molar-refractivity contribution is 5.12. The zero-order valence-corrected chi connectivity index (χ0v) is 7.20. The maximum Gasteiger partial charge on any atom is 0.0628 e. The molecule has 62 valence electrons. The lowest BCUT2D eigenvalue weighted by atomic mass is 9.88. The molecule has 1 heteroatoms. The molecule has 1 aliphatic rings. The van der Waals surface area contributed by atoms with E-state index in [0.717, 1.165) is 6.42 Å². The van der Waals surface area contributed by atoms with Gasteiger partial charge in [-0.15, -0.1) is 0 Å². The molecule has 2 atom stereocenters. The van der Waals surface area contributed by atoms with Gasteiger partial charge in [0.05, 0.1) is 6.10 Å². The molecule has 0 unspecified atom stereocenters. The Morgan fingerprint density at radius 3 is 2.55 bits per heavy atom. The molecule has 11 heavy (non-hydrogen) atoms. The molecule has 1 aliphatic carbocycles. The molecule has 0 saturated carbocycles. The second-order valence-corrected chi connectivity index (χ2v) is 3.45. The van der Waals surface area contributed by atoms with Crippen LogP contribution in [0.2, 0.25) is 0 Å². The normalized spacial score (nSPS) is 26.0. The molecule has 0 bridgehead atoms. The van der Waals surface area contributed by atoms with Crippen molar-refractivity contribution in [1.82, 2.24) is 0 Å². The Hall–Kier alpha value is -0.560. The Bertz CT molecular complexity index is 168. The van der Waals surface area contributed by atoms with E-state index in [1.54, 1.807) is 0 Å². The minimum absolute atomic E-state index is 0.184. The van der Waals surface area contributed by atoms with Crippen LogP contribution >= 0.6 is 0 Å². The Morgan fingerprint density at radius 1 is 1.36 bits per heavy atom. The minimum Gasteiger partial charge on any atom is -0.392 e. The fourth-order valence-corrected chi connectivity index (χ4v) is 1.35. The SMILES string of the molecule is CC(C)[C@H](O)[C@@H]1C=CC=CC1. The Labute approximate surface area is 68.4 Å². The van der Waals surface area contributed by atoms with E-state index in [4.69, 9.17) is 0 Å². The van der Waals surface area contributed by atoms with E-state index in [0.29, 0.717) is 11.8 Å². The van der Waals surface area contributed by atoms with E-state index in [1.807, 2.05) is 12.2 Å². The van der Waals surface area contributed by atoms with Crippen molar-refractivity contribution in [2.75, 3.05) is 0 Å². The van der Waals surface area contributed by atoms with Crippen LogP contribution in [0.3, 0.4) is 0 Å². The maximum atomic E-state index is 9.67. The van der Waals surface area contributed by atoms with Crippen LogP contribution in [0, 0.1) is 11.8 Å². The summed E-state index contributed by atoms with van der Waals surface area (Å²) in [5, 5.41) is 9.67. The quantitative estimate of drug-likeness (QED) is 0.642. The number of rotatable bonds is 2. The Morgan fingerprint density at radius 2 is 2.09 bits per heavy atom. The summed E-state index contributed by atoms with van der Waals surface area (Å²) in [7, 11) is 0. The van der Waals surface area contributed by atoms with Crippen LogP contribution in [-0.4, -0.2) is 11.2 Å².